The largest absolute Gasteiger partial charge is 0.434 e. The molecule has 0 saturated heterocycles. The fraction of sp³-hybridized carbons (Fsp3) is 0.300. The highest BCUT2D eigenvalue weighted by molar-refractivity contribution is 14.0. The Morgan fingerprint density at radius 2 is 1.93 bits per heavy atom. The molecular weight excluding hydrogens is 496 g/mol. The van der Waals surface area contributed by atoms with Crippen molar-refractivity contribution in [1.82, 2.24) is 10.6 Å². The molecule has 0 aromatic heterocycles. The Morgan fingerprint density at radius 1 is 1.17 bits per heavy atom. The predicted molar refractivity (Wildman–Crippen MR) is 116 cm³/mol. The number of benzene rings is 2. The van der Waals surface area contributed by atoms with E-state index in [4.69, 9.17) is 5.26 Å². The van der Waals surface area contributed by atoms with Gasteiger partial charge in [-0.15, -0.1) is 24.0 Å². The molecule has 29 heavy (non-hydrogen) atoms. The molecule has 5 nitrogen and oxygen atoms in total. The molecule has 0 spiro atoms. The van der Waals surface area contributed by atoms with Crippen molar-refractivity contribution < 1.29 is 17.9 Å². The van der Waals surface area contributed by atoms with Gasteiger partial charge in [-0.2, -0.15) is 14.0 Å². The van der Waals surface area contributed by atoms with Crippen LogP contribution >= 0.6 is 24.0 Å². The van der Waals surface area contributed by atoms with Crippen LogP contribution in [0, 0.1) is 24.1 Å². The van der Waals surface area contributed by atoms with Gasteiger partial charge in [0.1, 0.15) is 11.6 Å². The van der Waals surface area contributed by atoms with Crippen molar-refractivity contribution in [3.05, 3.63) is 64.5 Å². The summed E-state index contributed by atoms with van der Waals surface area (Å²) in [6, 6.07) is 10.9. The first-order valence-corrected chi connectivity index (χ1v) is 8.68. The van der Waals surface area contributed by atoms with Crippen molar-refractivity contribution in [3.63, 3.8) is 0 Å². The number of ether oxygens (including phenoxy) is 1. The Bertz CT molecular complexity index is 885. The topological polar surface area (TPSA) is 69.4 Å². The molecule has 0 amide bonds. The zero-order chi connectivity index (χ0) is 20.5. The number of nitrogens with one attached hydrogen (secondary N) is 2. The molecule has 0 aliphatic rings. The van der Waals surface area contributed by atoms with Gasteiger partial charge in [-0.1, -0.05) is 17.7 Å². The Kier molecular flexibility index (Phi) is 10.3. The summed E-state index contributed by atoms with van der Waals surface area (Å²) in [5.74, 6) is 0.00961. The fourth-order valence-electron chi connectivity index (χ4n) is 2.51. The molecule has 0 aliphatic carbocycles. The standard InChI is InChI=1S/C20H21F3N4O.HI/c1-3-25-20(26-11-15-9-14(10-24)5-6-17(15)21)27-12-16-8-13(2)4-7-18(16)28-19(22)23;/h4-9,19H,3,11-12H2,1-2H3,(H2,25,26,27);1H. The van der Waals surface area contributed by atoms with Gasteiger partial charge in [-0.25, -0.2) is 9.38 Å². The molecule has 9 heteroatoms. The van der Waals surface area contributed by atoms with E-state index in [0.29, 0.717) is 29.2 Å². The Labute approximate surface area is 185 Å². The lowest BCUT2D eigenvalue weighted by Crippen LogP contribution is -2.37. The number of aliphatic imine (C=N–C) groups is 1. The van der Waals surface area contributed by atoms with Gasteiger partial charge in [0.15, 0.2) is 5.96 Å². The van der Waals surface area contributed by atoms with Gasteiger partial charge >= 0.3 is 6.61 Å². The minimum absolute atomic E-state index is 0. The van der Waals surface area contributed by atoms with Gasteiger partial charge in [-0.05, 0) is 38.1 Å². The summed E-state index contributed by atoms with van der Waals surface area (Å²) in [5, 5.41) is 14.9. The number of nitrogens with zero attached hydrogens (tertiary/aromatic N) is 2. The van der Waals surface area contributed by atoms with Crippen molar-refractivity contribution >= 4 is 29.9 Å². The first-order chi connectivity index (χ1) is 13.4. The molecule has 2 N–H and O–H groups in total. The molecule has 156 valence electrons. The molecule has 0 radical (unpaired) electrons. The summed E-state index contributed by atoms with van der Waals surface area (Å²) in [6.07, 6.45) is 0. The molecule has 0 fully saturated rings. The maximum Gasteiger partial charge on any atom is 0.387 e. The van der Waals surface area contributed by atoms with Crippen LogP contribution < -0.4 is 15.4 Å². The number of guanidine groups is 1. The van der Waals surface area contributed by atoms with Crippen LogP contribution in [0.3, 0.4) is 0 Å². The number of hydrogen-bond donors (Lipinski definition) is 2. The van der Waals surface area contributed by atoms with Gasteiger partial charge in [0.25, 0.3) is 0 Å². The van der Waals surface area contributed by atoms with Crippen LogP contribution in [-0.2, 0) is 13.1 Å². The highest BCUT2D eigenvalue weighted by Crippen LogP contribution is 2.23. The van der Waals surface area contributed by atoms with Crippen molar-refractivity contribution in [1.29, 1.82) is 5.26 Å². The summed E-state index contributed by atoms with van der Waals surface area (Å²) in [5.41, 5.74) is 2.07. The molecule has 0 heterocycles. The molecule has 0 saturated carbocycles. The second kappa shape index (κ2) is 12.2. The molecule has 2 rings (SSSR count). The van der Waals surface area contributed by atoms with E-state index in [-0.39, 0.29) is 42.8 Å². The fourth-order valence-corrected chi connectivity index (χ4v) is 2.51. The lowest BCUT2D eigenvalue weighted by molar-refractivity contribution is -0.0504. The van der Waals surface area contributed by atoms with E-state index in [1.165, 1.54) is 24.3 Å². The lowest BCUT2D eigenvalue weighted by Gasteiger charge is -2.14. The molecular formula is C20H22F3IN4O. The van der Waals surface area contributed by atoms with Gasteiger partial charge in [0.2, 0.25) is 0 Å². The smallest absolute Gasteiger partial charge is 0.387 e. The first kappa shape index (κ1) is 24.6. The number of halogens is 4. The number of alkyl halides is 2. The van der Waals surface area contributed by atoms with Crippen molar-refractivity contribution in [3.8, 4) is 11.8 Å². The second-order valence-corrected chi connectivity index (χ2v) is 5.96. The van der Waals surface area contributed by atoms with E-state index in [0.717, 1.165) is 5.56 Å². The molecule has 0 bridgehead atoms. The summed E-state index contributed by atoms with van der Waals surface area (Å²) in [7, 11) is 0. The summed E-state index contributed by atoms with van der Waals surface area (Å²) in [6.45, 7) is 1.55. The van der Waals surface area contributed by atoms with E-state index in [1.807, 2.05) is 19.9 Å². The second-order valence-electron chi connectivity index (χ2n) is 5.96. The molecule has 0 aliphatic heterocycles. The van der Waals surface area contributed by atoms with Crippen molar-refractivity contribution in [2.24, 2.45) is 4.99 Å². The van der Waals surface area contributed by atoms with Gasteiger partial charge in [-0.3, -0.25) is 0 Å². The van der Waals surface area contributed by atoms with E-state index in [2.05, 4.69) is 20.4 Å². The quantitative estimate of drug-likeness (QED) is 0.322. The van der Waals surface area contributed by atoms with E-state index in [1.54, 1.807) is 12.1 Å². The lowest BCUT2D eigenvalue weighted by atomic mass is 10.1. The number of nitriles is 1. The maximum absolute atomic E-state index is 13.9. The van der Waals surface area contributed by atoms with E-state index < -0.39 is 12.4 Å². The van der Waals surface area contributed by atoms with Gasteiger partial charge < -0.3 is 15.4 Å². The summed E-state index contributed by atoms with van der Waals surface area (Å²) in [4.78, 5) is 4.36. The average molecular weight is 518 g/mol. The first-order valence-electron chi connectivity index (χ1n) is 8.68. The number of hydrogen-bond acceptors (Lipinski definition) is 3. The molecule has 2 aromatic rings. The van der Waals surface area contributed by atoms with Crippen LogP contribution in [0.2, 0.25) is 0 Å². The van der Waals surface area contributed by atoms with E-state index in [9.17, 15) is 13.2 Å². The van der Waals surface area contributed by atoms with E-state index >= 15 is 0 Å². The summed E-state index contributed by atoms with van der Waals surface area (Å²) >= 11 is 0. The predicted octanol–water partition coefficient (Wildman–Crippen LogP) is 4.48. The number of rotatable bonds is 7. The SMILES string of the molecule is CCNC(=NCc1cc(C)ccc1OC(F)F)NCc1cc(C#N)ccc1F.I. The average Bonchev–Trinajstić information content (AvgIpc) is 2.66. The van der Waals surface area contributed by atoms with Crippen LogP contribution in [0.15, 0.2) is 41.4 Å². The maximum atomic E-state index is 13.9. The van der Waals surface area contributed by atoms with Crippen LogP contribution in [0.5, 0.6) is 5.75 Å². The zero-order valence-corrected chi connectivity index (χ0v) is 18.3. The van der Waals surface area contributed by atoms with Gasteiger partial charge in [0, 0.05) is 24.2 Å². The monoisotopic (exact) mass is 518 g/mol. The normalized spacial score (nSPS) is 10.9. The molecule has 0 atom stereocenters. The third-order valence-electron chi connectivity index (χ3n) is 3.80. The van der Waals surface area contributed by atoms with Crippen LogP contribution in [0.25, 0.3) is 0 Å². The third-order valence-corrected chi connectivity index (χ3v) is 3.80. The van der Waals surface area contributed by atoms with Crippen LogP contribution in [0.1, 0.15) is 29.2 Å². The Morgan fingerprint density at radius 3 is 2.59 bits per heavy atom. The number of aryl methyl sites for hydroxylation is 1. The van der Waals surface area contributed by atoms with Crippen molar-refractivity contribution in [2.75, 3.05) is 6.54 Å². The Hall–Kier alpha value is -2.48. The zero-order valence-electron chi connectivity index (χ0n) is 16.0. The highest BCUT2D eigenvalue weighted by atomic mass is 127. The van der Waals surface area contributed by atoms with Gasteiger partial charge in [0.05, 0.1) is 18.2 Å². The van der Waals surface area contributed by atoms with Crippen LogP contribution in [0.4, 0.5) is 13.2 Å². The highest BCUT2D eigenvalue weighted by Gasteiger charge is 2.10. The van der Waals surface area contributed by atoms with Crippen molar-refractivity contribution in [2.45, 2.75) is 33.5 Å². The Balaban J connectivity index is 0.00000420. The minimum atomic E-state index is -2.92. The third kappa shape index (κ3) is 7.81. The summed E-state index contributed by atoms with van der Waals surface area (Å²) < 4.78 is 43.6. The minimum Gasteiger partial charge on any atom is -0.434 e. The molecule has 2 aromatic carbocycles. The van der Waals surface area contributed by atoms with Crippen LogP contribution in [-0.4, -0.2) is 19.1 Å². The molecule has 0 unspecified atom stereocenters.